The van der Waals surface area contributed by atoms with Crippen LogP contribution in [0.4, 0.5) is 15.8 Å². The summed E-state index contributed by atoms with van der Waals surface area (Å²) in [7, 11) is 0. The summed E-state index contributed by atoms with van der Waals surface area (Å²) in [4.78, 5) is 10.8. The van der Waals surface area contributed by atoms with Gasteiger partial charge in [0.1, 0.15) is 5.82 Å². The van der Waals surface area contributed by atoms with Gasteiger partial charge in [-0.2, -0.15) is 0 Å². The van der Waals surface area contributed by atoms with E-state index in [0.29, 0.717) is 0 Å². The summed E-state index contributed by atoms with van der Waals surface area (Å²) in [6.07, 6.45) is 4.10. The molecule has 32 heavy (non-hydrogen) atoms. The minimum absolute atomic E-state index is 0.164. The molecule has 2 fully saturated rings. The summed E-state index contributed by atoms with van der Waals surface area (Å²) in [5.74, 6) is -0.164. The Morgan fingerprint density at radius 1 is 0.938 bits per heavy atom. The van der Waals surface area contributed by atoms with Gasteiger partial charge in [-0.25, -0.2) is 4.39 Å². The Bertz CT molecular complexity index is 1050. The first-order chi connectivity index (χ1) is 15.7. The first-order valence-corrected chi connectivity index (χ1v) is 11.8. The fraction of sp³-hybridized carbons (Fsp3) is 0.462. The van der Waals surface area contributed by atoms with Gasteiger partial charge < -0.3 is 19.5 Å². The molecule has 0 atom stereocenters. The van der Waals surface area contributed by atoms with Crippen LogP contribution >= 0.6 is 0 Å². The van der Waals surface area contributed by atoms with Crippen LogP contribution in [0.25, 0.3) is 10.9 Å². The molecule has 2 aromatic carbocycles. The highest BCUT2D eigenvalue weighted by molar-refractivity contribution is 5.83. The topological polar surface area (TPSA) is 34.7 Å². The molecule has 2 aliphatic rings. The molecule has 5 nitrogen and oxygen atoms in total. The van der Waals surface area contributed by atoms with Crippen LogP contribution in [0.3, 0.4) is 0 Å². The predicted octanol–water partition coefficient (Wildman–Crippen LogP) is 4.21. The summed E-state index contributed by atoms with van der Waals surface area (Å²) in [5.41, 5.74) is 6.34. The third kappa shape index (κ3) is 4.48. The molecule has 5 rings (SSSR count). The van der Waals surface area contributed by atoms with Crippen molar-refractivity contribution >= 4 is 22.3 Å². The fourth-order valence-electron chi connectivity index (χ4n) is 5.16. The van der Waals surface area contributed by atoms with Gasteiger partial charge in [0.2, 0.25) is 0 Å². The molecule has 3 heterocycles. The summed E-state index contributed by atoms with van der Waals surface area (Å²) in [6, 6.07) is 11.7. The Balaban J connectivity index is 1.15. The number of halogens is 1. The quantitative estimate of drug-likeness (QED) is 0.628. The van der Waals surface area contributed by atoms with Gasteiger partial charge in [0.25, 0.3) is 0 Å². The molecule has 0 unspecified atom stereocenters. The van der Waals surface area contributed by atoms with E-state index in [1.54, 1.807) is 6.07 Å². The van der Waals surface area contributed by atoms with Crippen molar-refractivity contribution in [1.29, 1.82) is 0 Å². The number of hydrogen-bond acceptors (Lipinski definition) is 4. The number of anilines is 2. The van der Waals surface area contributed by atoms with Crippen molar-refractivity contribution in [2.45, 2.75) is 19.8 Å². The van der Waals surface area contributed by atoms with Crippen molar-refractivity contribution in [3.8, 4) is 0 Å². The number of hydrogen-bond donors (Lipinski definition) is 1. The Labute approximate surface area is 189 Å². The van der Waals surface area contributed by atoms with Gasteiger partial charge in [0.15, 0.2) is 0 Å². The van der Waals surface area contributed by atoms with Gasteiger partial charge in [0, 0.05) is 67.7 Å². The van der Waals surface area contributed by atoms with Crippen LogP contribution in [0, 0.1) is 12.7 Å². The normalized spacial score (nSPS) is 17.9. The molecular formula is C26H33FN4O. The van der Waals surface area contributed by atoms with E-state index < -0.39 is 0 Å². The van der Waals surface area contributed by atoms with Crippen LogP contribution < -0.4 is 9.80 Å². The number of nitrogens with zero attached hydrogens (tertiary/aromatic N) is 3. The molecule has 3 aromatic rings. The van der Waals surface area contributed by atoms with Gasteiger partial charge in [0.05, 0.1) is 13.2 Å². The van der Waals surface area contributed by atoms with Gasteiger partial charge in [-0.05, 0) is 67.8 Å². The molecule has 0 saturated carbocycles. The molecule has 170 valence electrons. The second-order valence-corrected chi connectivity index (χ2v) is 8.96. The number of morpholine rings is 1. The number of aromatic nitrogens is 1. The second kappa shape index (κ2) is 9.51. The molecule has 0 bridgehead atoms. The van der Waals surface area contributed by atoms with Crippen molar-refractivity contribution in [1.82, 2.24) is 9.88 Å². The van der Waals surface area contributed by atoms with Crippen LogP contribution in [0.1, 0.15) is 17.5 Å². The van der Waals surface area contributed by atoms with Gasteiger partial charge >= 0.3 is 0 Å². The first-order valence-electron chi connectivity index (χ1n) is 11.8. The maximum atomic E-state index is 13.6. The smallest absolute Gasteiger partial charge is 0.123 e. The number of fused-ring (bicyclic) bond motifs is 1. The molecule has 0 radical (unpaired) electrons. The van der Waals surface area contributed by atoms with E-state index in [1.165, 1.54) is 28.6 Å². The van der Waals surface area contributed by atoms with E-state index in [4.69, 9.17) is 4.74 Å². The lowest BCUT2D eigenvalue weighted by Gasteiger charge is -2.38. The van der Waals surface area contributed by atoms with Gasteiger partial charge in [-0.1, -0.05) is 6.07 Å². The first kappa shape index (κ1) is 21.3. The number of aromatic amines is 1. The zero-order chi connectivity index (χ0) is 21.9. The third-order valence-electron chi connectivity index (χ3n) is 6.99. The number of piperazine rings is 1. The summed E-state index contributed by atoms with van der Waals surface area (Å²) in [6.45, 7) is 11.2. The van der Waals surface area contributed by atoms with E-state index in [-0.39, 0.29) is 5.82 Å². The van der Waals surface area contributed by atoms with Crippen molar-refractivity contribution < 1.29 is 9.13 Å². The molecule has 1 N–H and O–H groups in total. The Hall–Kier alpha value is -2.57. The van der Waals surface area contributed by atoms with Gasteiger partial charge in [-0.3, -0.25) is 4.90 Å². The van der Waals surface area contributed by atoms with E-state index in [2.05, 4.69) is 44.8 Å². The van der Waals surface area contributed by atoms with Crippen molar-refractivity contribution in [2.24, 2.45) is 0 Å². The zero-order valence-electron chi connectivity index (χ0n) is 18.9. The van der Waals surface area contributed by atoms with Crippen LogP contribution in [0.5, 0.6) is 0 Å². The lowest BCUT2D eigenvalue weighted by molar-refractivity contribution is 0.122. The second-order valence-electron chi connectivity index (χ2n) is 8.96. The highest BCUT2D eigenvalue weighted by atomic mass is 19.1. The van der Waals surface area contributed by atoms with E-state index in [9.17, 15) is 4.39 Å². The minimum Gasteiger partial charge on any atom is -0.378 e. The van der Waals surface area contributed by atoms with Crippen molar-refractivity contribution in [2.75, 3.05) is 68.8 Å². The Kier molecular flexibility index (Phi) is 6.32. The van der Waals surface area contributed by atoms with Crippen LogP contribution in [-0.2, 0) is 11.2 Å². The summed E-state index contributed by atoms with van der Waals surface area (Å²) in [5, 5.41) is 1.02. The van der Waals surface area contributed by atoms with Crippen LogP contribution in [0.2, 0.25) is 0 Å². The SMILES string of the molecule is Cc1c(N2CCOCC2)cccc1N1CCN(CCCc2c[nH]c3ccc(F)cc23)CC1. The fourth-order valence-corrected chi connectivity index (χ4v) is 5.16. The number of rotatable bonds is 6. The van der Waals surface area contributed by atoms with E-state index >= 15 is 0 Å². The summed E-state index contributed by atoms with van der Waals surface area (Å²) >= 11 is 0. The van der Waals surface area contributed by atoms with Crippen molar-refractivity contribution in [3.05, 3.63) is 59.5 Å². The number of H-pyrrole nitrogens is 1. The maximum Gasteiger partial charge on any atom is 0.123 e. The predicted molar refractivity (Wildman–Crippen MR) is 129 cm³/mol. The molecule has 2 saturated heterocycles. The van der Waals surface area contributed by atoms with Crippen molar-refractivity contribution in [3.63, 3.8) is 0 Å². The standard InChI is InChI=1S/C26H33FN4O/c1-20-25(5-2-6-26(20)31-14-16-32-17-15-31)30-12-10-29(11-13-30)9-3-4-21-19-28-24-8-7-22(27)18-23(21)24/h2,5-8,18-19,28H,3-4,9-17H2,1H3. The third-order valence-corrected chi connectivity index (χ3v) is 6.99. The minimum atomic E-state index is -0.164. The van der Waals surface area contributed by atoms with Crippen LogP contribution in [0.15, 0.2) is 42.6 Å². The van der Waals surface area contributed by atoms with Gasteiger partial charge in [-0.15, -0.1) is 0 Å². The maximum absolute atomic E-state index is 13.6. The molecular weight excluding hydrogens is 403 g/mol. The molecule has 0 spiro atoms. The molecule has 6 heteroatoms. The average Bonchev–Trinajstić information content (AvgIpc) is 3.22. The monoisotopic (exact) mass is 436 g/mol. The zero-order valence-corrected chi connectivity index (χ0v) is 18.9. The highest BCUT2D eigenvalue weighted by Crippen LogP contribution is 2.30. The number of nitrogens with one attached hydrogen (secondary N) is 1. The number of benzene rings is 2. The Morgan fingerprint density at radius 2 is 1.66 bits per heavy atom. The lowest BCUT2D eigenvalue weighted by atomic mass is 10.1. The van der Waals surface area contributed by atoms with E-state index in [0.717, 1.165) is 82.8 Å². The van der Waals surface area contributed by atoms with E-state index in [1.807, 2.05) is 12.3 Å². The number of ether oxygens (including phenoxy) is 1. The summed E-state index contributed by atoms with van der Waals surface area (Å²) < 4.78 is 19.1. The largest absolute Gasteiger partial charge is 0.378 e. The lowest BCUT2D eigenvalue weighted by Crippen LogP contribution is -2.47. The van der Waals surface area contributed by atoms with Crippen LogP contribution in [-0.4, -0.2) is 68.9 Å². The molecule has 1 aromatic heterocycles. The Morgan fingerprint density at radius 3 is 2.41 bits per heavy atom. The molecule has 2 aliphatic heterocycles. The molecule has 0 aliphatic carbocycles. The molecule has 0 amide bonds. The highest BCUT2D eigenvalue weighted by Gasteiger charge is 2.21. The average molecular weight is 437 g/mol. The number of aryl methyl sites for hydroxylation is 1.